The van der Waals surface area contributed by atoms with Gasteiger partial charge in [0.25, 0.3) is 0 Å². The maximum absolute atomic E-state index is 10.6. The van der Waals surface area contributed by atoms with Gasteiger partial charge >= 0.3 is 0 Å². The van der Waals surface area contributed by atoms with Crippen molar-refractivity contribution in [3.63, 3.8) is 0 Å². The first-order valence-electron chi connectivity index (χ1n) is 5.06. The highest BCUT2D eigenvalue weighted by atomic mass is 16.1. The van der Waals surface area contributed by atoms with Gasteiger partial charge in [-0.05, 0) is 13.8 Å². The molecular formula is C10H19N5O. The zero-order valence-corrected chi connectivity index (χ0v) is 9.90. The Bertz CT molecular complexity index is 319. The van der Waals surface area contributed by atoms with Gasteiger partial charge in [-0.15, -0.1) is 0 Å². The third-order valence-corrected chi connectivity index (χ3v) is 1.66. The number of carbonyl (C=O) groups excluding carboxylic acids is 1. The van der Waals surface area contributed by atoms with Crippen molar-refractivity contribution in [1.82, 2.24) is 0 Å². The lowest BCUT2D eigenvalue weighted by Crippen LogP contribution is -2.25. The van der Waals surface area contributed by atoms with Crippen molar-refractivity contribution in [2.45, 2.75) is 33.2 Å². The molecule has 0 aromatic carbocycles. The molecule has 0 aliphatic heterocycles. The van der Waals surface area contributed by atoms with E-state index in [9.17, 15) is 4.79 Å². The Morgan fingerprint density at radius 1 is 1.38 bits per heavy atom. The molecule has 16 heavy (non-hydrogen) atoms. The lowest BCUT2D eigenvalue weighted by Gasteiger charge is -2.08. The van der Waals surface area contributed by atoms with E-state index in [1.807, 2.05) is 13.8 Å². The SMILES string of the molecule is CC(C)N=C(N=C(N)CC(N)=O)C(C)C=N. The van der Waals surface area contributed by atoms with E-state index in [-0.39, 0.29) is 24.2 Å². The lowest BCUT2D eigenvalue weighted by atomic mass is 10.2. The molecule has 0 aromatic rings. The van der Waals surface area contributed by atoms with E-state index >= 15 is 0 Å². The van der Waals surface area contributed by atoms with Crippen LogP contribution in [0, 0.1) is 11.3 Å². The second-order valence-corrected chi connectivity index (χ2v) is 3.78. The van der Waals surface area contributed by atoms with Gasteiger partial charge in [-0.1, -0.05) is 6.92 Å². The average molecular weight is 225 g/mol. The standard InChI is InChI=1S/C10H19N5O/c1-6(2)14-10(7(3)5-11)15-8(12)4-9(13)16/h5-7,11H,4H2,1-3H3,(H2,13,16)(H2,12,14,15). The number of amidine groups is 2. The summed E-state index contributed by atoms with van der Waals surface area (Å²) >= 11 is 0. The number of nitrogens with zero attached hydrogens (tertiary/aromatic N) is 2. The molecule has 0 radical (unpaired) electrons. The molecule has 0 aromatic heterocycles. The summed E-state index contributed by atoms with van der Waals surface area (Å²) in [5.41, 5.74) is 10.5. The third kappa shape index (κ3) is 5.90. The molecular weight excluding hydrogens is 206 g/mol. The summed E-state index contributed by atoms with van der Waals surface area (Å²) in [6.45, 7) is 5.59. The summed E-state index contributed by atoms with van der Waals surface area (Å²) in [6, 6.07) is 0.0579. The van der Waals surface area contributed by atoms with Crippen LogP contribution >= 0.6 is 0 Å². The molecule has 0 heterocycles. The molecule has 1 atom stereocenters. The Morgan fingerprint density at radius 2 is 1.94 bits per heavy atom. The minimum atomic E-state index is -0.535. The molecule has 6 nitrogen and oxygen atoms in total. The van der Waals surface area contributed by atoms with Gasteiger partial charge in [0, 0.05) is 12.3 Å². The number of amides is 1. The van der Waals surface area contributed by atoms with Crippen molar-refractivity contribution in [3.8, 4) is 0 Å². The van der Waals surface area contributed by atoms with Gasteiger partial charge in [-0.3, -0.25) is 9.79 Å². The van der Waals surface area contributed by atoms with Crippen molar-refractivity contribution >= 4 is 23.8 Å². The number of nitrogens with two attached hydrogens (primary N) is 2. The summed E-state index contributed by atoms with van der Waals surface area (Å²) < 4.78 is 0. The second kappa shape index (κ2) is 6.71. The van der Waals surface area contributed by atoms with Crippen molar-refractivity contribution in [3.05, 3.63) is 0 Å². The quantitative estimate of drug-likeness (QED) is 0.461. The topological polar surface area (TPSA) is 118 Å². The van der Waals surface area contributed by atoms with Crippen LogP contribution in [0.3, 0.4) is 0 Å². The smallest absolute Gasteiger partial charge is 0.224 e. The predicted molar refractivity (Wildman–Crippen MR) is 66.0 cm³/mol. The van der Waals surface area contributed by atoms with Gasteiger partial charge in [0.05, 0.1) is 12.3 Å². The summed E-state index contributed by atoms with van der Waals surface area (Å²) in [4.78, 5) is 18.9. The molecule has 0 aliphatic rings. The molecule has 0 saturated heterocycles. The van der Waals surface area contributed by atoms with Gasteiger partial charge in [0.15, 0.2) is 0 Å². The molecule has 1 unspecified atom stereocenters. The third-order valence-electron chi connectivity index (χ3n) is 1.66. The molecule has 6 heteroatoms. The normalized spacial score (nSPS) is 15.0. The monoisotopic (exact) mass is 225 g/mol. The zero-order valence-electron chi connectivity index (χ0n) is 9.90. The number of primary amides is 1. The van der Waals surface area contributed by atoms with E-state index in [1.54, 1.807) is 6.92 Å². The van der Waals surface area contributed by atoms with Crippen LogP contribution in [0.1, 0.15) is 27.2 Å². The van der Waals surface area contributed by atoms with Crippen LogP contribution in [-0.2, 0) is 4.79 Å². The highest BCUT2D eigenvalue weighted by Crippen LogP contribution is 2.01. The summed E-state index contributed by atoms with van der Waals surface area (Å²) in [5, 5.41) is 7.16. The van der Waals surface area contributed by atoms with Crippen LogP contribution in [0.25, 0.3) is 0 Å². The van der Waals surface area contributed by atoms with E-state index in [0.717, 1.165) is 0 Å². The maximum Gasteiger partial charge on any atom is 0.224 e. The van der Waals surface area contributed by atoms with Crippen molar-refractivity contribution in [2.75, 3.05) is 0 Å². The van der Waals surface area contributed by atoms with Crippen LogP contribution in [0.2, 0.25) is 0 Å². The molecule has 0 saturated carbocycles. The molecule has 0 spiro atoms. The fraction of sp³-hybridized carbons (Fsp3) is 0.600. The minimum Gasteiger partial charge on any atom is -0.387 e. The summed E-state index contributed by atoms with van der Waals surface area (Å²) in [6.07, 6.45) is 1.13. The predicted octanol–water partition coefficient (Wildman–Crippen LogP) is 0.312. The fourth-order valence-corrected chi connectivity index (χ4v) is 0.953. The van der Waals surface area contributed by atoms with E-state index in [0.29, 0.717) is 5.84 Å². The van der Waals surface area contributed by atoms with Crippen LogP contribution in [0.5, 0.6) is 0 Å². The maximum atomic E-state index is 10.6. The molecule has 0 aliphatic carbocycles. The van der Waals surface area contributed by atoms with Gasteiger partial charge in [0.1, 0.15) is 11.7 Å². The zero-order chi connectivity index (χ0) is 12.7. The fourth-order valence-electron chi connectivity index (χ4n) is 0.953. The van der Waals surface area contributed by atoms with E-state index in [1.165, 1.54) is 6.21 Å². The Morgan fingerprint density at radius 3 is 2.31 bits per heavy atom. The van der Waals surface area contributed by atoms with Gasteiger partial charge in [0.2, 0.25) is 5.91 Å². The minimum absolute atomic E-state index is 0.0579. The molecule has 1 amide bonds. The lowest BCUT2D eigenvalue weighted by molar-refractivity contribution is -0.116. The van der Waals surface area contributed by atoms with Crippen LogP contribution in [0.4, 0.5) is 0 Å². The Balaban J connectivity index is 4.92. The van der Waals surface area contributed by atoms with Crippen molar-refractivity contribution in [1.29, 1.82) is 5.41 Å². The summed E-state index contributed by atoms with van der Waals surface area (Å²) in [7, 11) is 0. The first-order valence-corrected chi connectivity index (χ1v) is 5.06. The number of hydrogen-bond acceptors (Lipinski definition) is 3. The highest BCUT2D eigenvalue weighted by Gasteiger charge is 2.09. The Labute approximate surface area is 95.3 Å². The first kappa shape index (κ1) is 14.3. The van der Waals surface area contributed by atoms with Crippen molar-refractivity contribution in [2.24, 2.45) is 27.4 Å². The molecule has 0 bridgehead atoms. The van der Waals surface area contributed by atoms with Gasteiger partial charge < -0.3 is 16.9 Å². The molecule has 90 valence electrons. The Hall–Kier alpha value is -1.72. The van der Waals surface area contributed by atoms with Crippen LogP contribution in [0.15, 0.2) is 9.98 Å². The number of rotatable bonds is 5. The second-order valence-electron chi connectivity index (χ2n) is 3.78. The largest absolute Gasteiger partial charge is 0.387 e. The number of hydrogen-bond donors (Lipinski definition) is 3. The number of aliphatic imine (C=N–C) groups is 2. The van der Waals surface area contributed by atoms with E-state index in [4.69, 9.17) is 16.9 Å². The molecule has 5 N–H and O–H groups in total. The van der Waals surface area contributed by atoms with Gasteiger partial charge in [-0.2, -0.15) is 0 Å². The molecule has 0 fully saturated rings. The number of carbonyl (C=O) groups is 1. The summed E-state index contributed by atoms with van der Waals surface area (Å²) in [5.74, 6) is -0.189. The van der Waals surface area contributed by atoms with Crippen LogP contribution in [-0.4, -0.2) is 29.8 Å². The number of nitrogens with one attached hydrogen (secondary N) is 1. The van der Waals surface area contributed by atoms with Gasteiger partial charge in [-0.25, -0.2) is 4.99 Å². The highest BCUT2D eigenvalue weighted by molar-refractivity contribution is 6.07. The van der Waals surface area contributed by atoms with Crippen LogP contribution < -0.4 is 11.5 Å². The molecule has 0 rings (SSSR count). The van der Waals surface area contributed by atoms with E-state index < -0.39 is 5.91 Å². The first-order chi connectivity index (χ1) is 7.36. The van der Waals surface area contributed by atoms with Crippen molar-refractivity contribution < 1.29 is 4.79 Å². The van der Waals surface area contributed by atoms with E-state index in [2.05, 4.69) is 9.98 Å². The Kier molecular flexibility index (Phi) is 5.99. The average Bonchev–Trinajstić information content (AvgIpc) is 2.13.